The van der Waals surface area contributed by atoms with Crippen LogP contribution in [0.3, 0.4) is 0 Å². The van der Waals surface area contributed by atoms with Gasteiger partial charge in [-0.25, -0.2) is 0 Å². The molecule has 0 aromatic heterocycles. The summed E-state index contributed by atoms with van der Waals surface area (Å²) in [7, 11) is 1.72. The van der Waals surface area contributed by atoms with E-state index in [0.717, 1.165) is 15.6 Å². The molecule has 0 fully saturated rings. The summed E-state index contributed by atoms with van der Waals surface area (Å²) in [6, 6.07) is 5.37. The van der Waals surface area contributed by atoms with Crippen molar-refractivity contribution >= 4 is 21.8 Å². The molecular formula is C10H13BrN2O. The summed E-state index contributed by atoms with van der Waals surface area (Å²) in [4.78, 5) is 11.1. The van der Waals surface area contributed by atoms with E-state index in [1.54, 1.807) is 7.05 Å². The van der Waals surface area contributed by atoms with E-state index in [-0.39, 0.29) is 5.91 Å². The summed E-state index contributed by atoms with van der Waals surface area (Å²) in [6.45, 7) is 1.95. The van der Waals surface area contributed by atoms with Gasteiger partial charge in [-0.1, -0.05) is 22.0 Å². The number of benzene rings is 1. The van der Waals surface area contributed by atoms with Gasteiger partial charge in [0.05, 0.1) is 0 Å². The summed E-state index contributed by atoms with van der Waals surface area (Å²) in [5.74, 6) is -0.367. The van der Waals surface area contributed by atoms with Crippen molar-refractivity contribution in [1.82, 2.24) is 5.32 Å². The zero-order chi connectivity index (χ0) is 10.7. The molecule has 0 spiro atoms. The van der Waals surface area contributed by atoms with E-state index in [1.807, 2.05) is 25.1 Å². The molecule has 3 nitrogen and oxygen atoms in total. The summed E-state index contributed by atoms with van der Waals surface area (Å²) >= 11 is 3.36. The third-order valence-electron chi connectivity index (χ3n) is 2.13. The van der Waals surface area contributed by atoms with Gasteiger partial charge in [0, 0.05) is 4.47 Å². The topological polar surface area (TPSA) is 55.1 Å². The minimum atomic E-state index is -0.424. The third kappa shape index (κ3) is 2.33. The van der Waals surface area contributed by atoms with Crippen LogP contribution in [0.4, 0.5) is 0 Å². The maximum absolute atomic E-state index is 11.1. The number of nitrogens with one attached hydrogen (secondary N) is 1. The highest BCUT2D eigenvalue weighted by atomic mass is 79.9. The first-order valence-electron chi connectivity index (χ1n) is 4.29. The number of hydrogen-bond donors (Lipinski definition) is 2. The molecule has 0 aliphatic rings. The van der Waals surface area contributed by atoms with Crippen molar-refractivity contribution in [2.45, 2.75) is 13.0 Å². The van der Waals surface area contributed by atoms with Gasteiger partial charge >= 0.3 is 0 Å². The Morgan fingerprint density at radius 3 is 2.71 bits per heavy atom. The molecule has 0 saturated heterocycles. The number of carbonyl (C=O) groups is 1. The minimum absolute atomic E-state index is 0.367. The van der Waals surface area contributed by atoms with Gasteiger partial charge in [-0.05, 0) is 37.2 Å². The Morgan fingerprint density at radius 2 is 2.21 bits per heavy atom. The van der Waals surface area contributed by atoms with Crippen LogP contribution in [0.25, 0.3) is 0 Å². The number of halogens is 1. The van der Waals surface area contributed by atoms with Gasteiger partial charge in [0.15, 0.2) is 0 Å². The monoisotopic (exact) mass is 256 g/mol. The molecule has 1 atom stereocenters. The Bertz CT molecular complexity index is 352. The summed E-state index contributed by atoms with van der Waals surface area (Å²) in [5.41, 5.74) is 7.24. The first-order chi connectivity index (χ1) is 6.56. The predicted molar refractivity (Wildman–Crippen MR) is 59.9 cm³/mol. The van der Waals surface area contributed by atoms with Gasteiger partial charge in [0.1, 0.15) is 6.04 Å². The SMILES string of the molecule is CNC(C(N)=O)c1cc(Br)ccc1C. The van der Waals surface area contributed by atoms with E-state index >= 15 is 0 Å². The van der Waals surface area contributed by atoms with Gasteiger partial charge < -0.3 is 11.1 Å². The quantitative estimate of drug-likeness (QED) is 0.862. The lowest BCUT2D eigenvalue weighted by Gasteiger charge is -2.15. The molecule has 76 valence electrons. The van der Waals surface area contributed by atoms with Crippen LogP contribution in [-0.2, 0) is 4.79 Å². The fourth-order valence-electron chi connectivity index (χ4n) is 1.37. The van der Waals surface area contributed by atoms with Gasteiger partial charge in [-0.3, -0.25) is 4.79 Å². The average molecular weight is 257 g/mol. The number of primary amides is 1. The second kappa shape index (κ2) is 4.57. The molecule has 1 amide bonds. The van der Waals surface area contributed by atoms with Gasteiger partial charge in [-0.2, -0.15) is 0 Å². The van der Waals surface area contributed by atoms with Crippen LogP contribution in [0.5, 0.6) is 0 Å². The Labute approximate surface area is 91.8 Å². The molecule has 4 heteroatoms. The van der Waals surface area contributed by atoms with Crippen molar-refractivity contribution in [3.63, 3.8) is 0 Å². The van der Waals surface area contributed by atoms with Crippen molar-refractivity contribution in [2.75, 3.05) is 7.05 Å². The van der Waals surface area contributed by atoms with Crippen LogP contribution in [0.15, 0.2) is 22.7 Å². The van der Waals surface area contributed by atoms with Crippen LogP contribution < -0.4 is 11.1 Å². The summed E-state index contributed by atoms with van der Waals surface area (Å²) in [6.07, 6.45) is 0. The van der Waals surface area contributed by atoms with Crippen LogP contribution in [0.1, 0.15) is 17.2 Å². The van der Waals surface area contributed by atoms with Gasteiger partial charge in [0.25, 0.3) is 0 Å². The maximum atomic E-state index is 11.1. The van der Waals surface area contributed by atoms with E-state index in [0.29, 0.717) is 0 Å². The second-order valence-corrected chi connectivity index (χ2v) is 4.04. The largest absolute Gasteiger partial charge is 0.368 e. The fourth-order valence-corrected chi connectivity index (χ4v) is 1.75. The maximum Gasteiger partial charge on any atom is 0.239 e. The van der Waals surface area contributed by atoms with Crippen LogP contribution in [0.2, 0.25) is 0 Å². The van der Waals surface area contributed by atoms with E-state index in [2.05, 4.69) is 21.2 Å². The Hall–Kier alpha value is -0.870. The van der Waals surface area contributed by atoms with Gasteiger partial charge in [0.2, 0.25) is 5.91 Å². The standard InChI is InChI=1S/C10H13BrN2O/c1-6-3-4-7(11)5-8(6)9(13-2)10(12)14/h3-5,9,13H,1-2H3,(H2,12,14). The van der Waals surface area contributed by atoms with Crippen LogP contribution >= 0.6 is 15.9 Å². The summed E-state index contributed by atoms with van der Waals surface area (Å²) in [5, 5.41) is 2.89. The molecule has 1 aromatic rings. The molecular weight excluding hydrogens is 244 g/mol. The number of aryl methyl sites for hydroxylation is 1. The molecule has 0 heterocycles. The zero-order valence-electron chi connectivity index (χ0n) is 8.17. The fraction of sp³-hybridized carbons (Fsp3) is 0.300. The average Bonchev–Trinajstić information content (AvgIpc) is 2.11. The molecule has 0 bridgehead atoms. The lowest BCUT2D eigenvalue weighted by Crippen LogP contribution is -2.31. The van der Waals surface area contributed by atoms with Crippen molar-refractivity contribution in [3.05, 3.63) is 33.8 Å². The van der Waals surface area contributed by atoms with Crippen molar-refractivity contribution in [1.29, 1.82) is 0 Å². The molecule has 0 aliphatic carbocycles. The minimum Gasteiger partial charge on any atom is -0.368 e. The molecule has 1 aromatic carbocycles. The van der Waals surface area contributed by atoms with Crippen LogP contribution in [-0.4, -0.2) is 13.0 Å². The third-order valence-corrected chi connectivity index (χ3v) is 2.62. The van der Waals surface area contributed by atoms with Crippen molar-refractivity contribution < 1.29 is 4.79 Å². The molecule has 3 N–H and O–H groups in total. The van der Waals surface area contributed by atoms with E-state index in [9.17, 15) is 4.79 Å². The van der Waals surface area contributed by atoms with E-state index < -0.39 is 6.04 Å². The Morgan fingerprint density at radius 1 is 1.57 bits per heavy atom. The Kier molecular flexibility index (Phi) is 3.66. The first-order valence-corrected chi connectivity index (χ1v) is 5.08. The summed E-state index contributed by atoms with van der Waals surface area (Å²) < 4.78 is 0.944. The number of nitrogens with two attached hydrogens (primary N) is 1. The lowest BCUT2D eigenvalue weighted by molar-refractivity contribution is -0.120. The number of carbonyl (C=O) groups excluding carboxylic acids is 1. The lowest BCUT2D eigenvalue weighted by atomic mass is 10.0. The normalized spacial score (nSPS) is 12.5. The molecule has 0 radical (unpaired) electrons. The highest BCUT2D eigenvalue weighted by Crippen LogP contribution is 2.21. The molecule has 14 heavy (non-hydrogen) atoms. The molecule has 0 saturated carbocycles. The molecule has 0 aliphatic heterocycles. The van der Waals surface area contributed by atoms with Crippen molar-refractivity contribution in [2.24, 2.45) is 5.73 Å². The van der Waals surface area contributed by atoms with Gasteiger partial charge in [-0.15, -0.1) is 0 Å². The predicted octanol–water partition coefficient (Wildman–Crippen LogP) is 1.50. The number of likely N-dealkylation sites (N-methyl/N-ethyl adjacent to an activating group) is 1. The zero-order valence-corrected chi connectivity index (χ0v) is 9.76. The number of rotatable bonds is 3. The first kappa shape index (κ1) is 11.2. The highest BCUT2D eigenvalue weighted by Gasteiger charge is 2.17. The van der Waals surface area contributed by atoms with E-state index in [4.69, 9.17) is 5.73 Å². The molecule has 1 unspecified atom stereocenters. The Balaban J connectivity index is 3.15. The molecule has 1 rings (SSSR count). The van der Waals surface area contributed by atoms with Crippen molar-refractivity contribution in [3.8, 4) is 0 Å². The highest BCUT2D eigenvalue weighted by molar-refractivity contribution is 9.10. The van der Waals surface area contributed by atoms with E-state index in [1.165, 1.54) is 0 Å². The number of amides is 1. The second-order valence-electron chi connectivity index (χ2n) is 3.12. The van der Waals surface area contributed by atoms with Crippen LogP contribution in [0, 0.1) is 6.92 Å². The smallest absolute Gasteiger partial charge is 0.239 e. The number of hydrogen-bond acceptors (Lipinski definition) is 2.